The highest BCUT2D eigenvalue weighted by atomic mass is 16.5. The molecule has 1 aliphatic rings. The summed E-state index contributed by atoms with van der Waals surface area (Å²) in [5, 5.41) is 6.07. The van der Waals surface area contributed by atoms with Crippen molar-refractivity contribution in [1.82, 2.24) is 10.6 Å². The number of hydrogen-bond donors (Lipinski definition) is 2. The second kappa shape index (κ2) is 6.67. The van der Waals surface area contributed by atoms with E-state index in [4.69, 9.17) is 4.74 Å². The normalized spacial score (nSPS) is 17.0. The summed E-state index contributed by atoms with van der Waals surface area (Å²) in [6.07, 6.45) is 4.37. The summed E-state index contributed by atoms with van der Waals surface area (Å²) in [5.41, 5.74) is 0. The quantitative estimate of drug-likeness (QED) is 0.684. The van der Waals surface area contributed by atoms with E-state index in [0.29, 0.717) is 18.7 Å². The lowest BCUT2D eigenvalue weighted by molar-refractivity contribution is 0.142. The van der Waals surface area contributed by atoms with Crippen LogP contribution in [-0.2, 0) is 4.74 Å². The Labute approximate surface area is 91.8 Å². The lowest BCUT2D eigenvalue weighted by Crippen LogP contribution is -2.35. The molecule has 0 atom stereocenters. The summed E-state index contributed by atoms with van der Waals surface area (Å²) in [7, 11) is 0. The summed E-state index contributed by atoms with van der Waals surface area (Å²) in [4.78, 5) is 11.3. The summed E-state index contributed by atoms with van der Waals surface area (Å²) in [6.45, 7) is 5.30. The van der Waals surface area contributed by atoms with Crippen LogP contribution in [0.5, 0.6) is 0 Å². The molecular weight excluding hydrogens is 192 g/mol. The third kappa shape index (κ3) is 5.62. The standard InChI is InChI=1S/C11H22N2O2/c1-9(2)12-7-8-15-11(14)13-10-5-3-4-6-10/h9-10,12H,3-8H2,1-2H3,(H,13,14). The molecule has 2 N–H and O–H groups in total. The molecule has 1 saturated carbocycles. The topological polar surface area (TPSA) is 50.4 Å². The molecule has 0 radical (unpaired) electrons. The number of amides is 1. The Kier molecular flexibility index (Phi) is 5.47. The van der Waals surface area contributed by atoms with Crippen molar-refractivity contribution in [2.24, 2.45) is 0 Å². The van der Waals surface area contributed by atoms with Gasteiger partial charge in [-0.25, -0.2) is 4.79 Å². The fourth-order valence-electron chi connectivity index (χ4n) is 1.77. The lowest BCUT2D eigenvalue weighted by Gasteiger charge is -2.13. The van der Waals surface area contributed by atoms with E-state index in [1.807, 2.05) is 0 Å². The van der Waals surface area contributed by atoms with E-state index in [0.717, 1.165) is 19.4 Å². The van der Waals surface area contributed by atoms with Gasteiger partial charge in [0.05, 0.1) is 0 Å². The van der Waals surface area contributed by atoms with Crippen molar-refractivity contribution in [2.75, 3.05) is 13.2 Å². The monoisotopic (exact) mass is 214 g/mol. The van der Waals surface area contributed by atoms with Crippen LogP contribution >= 0.6 is 0 Å². The Bertz CT molecular complexity index is 189. The van der Waals surface area contributed by atoms with E-state index < -0.39 is 0 Å². The zero-order valence-electron chi connectivity index (χ0n) is 9.71. The third-order valence-corrected chi connectivity index (χ3v) is 2.56. The van der Waals surface area contributed by atoms with Gasteiger partial charge >= 0.3 is 6.09 Å². The second-order valence-corrected chi connectivity index (χ2v) is 4.37. The fraction of sp³-hybridized carbons (Fsp3) is 0.909. The highest BCUT2D eigenvalue weighted by molar-refractivity contribution is 5.67. The lowest BCUT2D eigenvalue weighted by atomic mass is 10.3. The van der Waals surface area contributed by atoms with Crippen LogP contribution in [0, 0.1) is 0 Å². The number of carbonyl (C=O) groups is 1. The number of carbonyl (C=O) groups excluding carboxylic acids is 1. The molecule has 0 unspecified atom stereocenters. The fourth-order valence-corrected chi connectivity index (χ4v) is 1.77. The minimum atomic E-state index is -0.271. The first-order chi connectivity index (χ1) is 7.18. The molecule has 1 amide bonds. The SMILES string of the molecule is CC(C)NCCOC(=O)NC1CCCC1. The first-order valence-corrected chi connectivity index (χ1v) is 5.85. The molecule has 15 heavy (non-hydrogen) atoms. The maximum atomic E-state index is 11.3. The first kappa shape index (κ1) is 12.3. The summed E-state index contributed by atoms with van der Waals surface area (Å²) < 4.78 is 5.04. The first-order valence-electron chi connectivity index (χ1n) is 5.85. The molecule has 88 valence electrons. The molecule has 1 rings (SSSR count). The maximum Gasteiger partial charge on any atom is 0.407 e. The van der Waals surface area contributed by atoms with Crippen LogP contribution in [0.25, 0.3) is 0 Å². The van der Waals surface area contributed by atoms with Gasteiger partial charge in [0.25, 0.3) is 0 Å². The third-order valence-electron chi connectivity index (χ3n) is 2.56. The number of ether oxygens (including phenoxy) is 1. The molecule has 0 saturated heterocycles. The summed E-state index contributed by atoms with van der Waals surface area (Å²) in [5.74, 6) is 0. The Morgan fingerprint density at radius 2 is 2.07 bits per heavy atom. The average Bonchev–Trinajstić information content (AvgIpc) is 2.64. The zero-order chi connectivity index (χ0) is 11.1. The molecule has 0 spiro atoms. The number of rotatable bonds is 5. The minimum Gasteiger partial charge on any atom is -0.448 e. The summed E-state index contributed by atoms with van der Waals surface area (Å²) in [6, 6.07) is 0.780. The van der Waals surface area contributed by atoms with Gasteiger partial charge in [0.2, 0.25) is 0 Å². The smallest absolute Gasteiger partial charge is 0.407 e. The predicted molar refractivity (Wildman–Crippen MR) is 59.9 cm³/mol. The van der Waals surface area contributed by atoms with Crippen LogP contribution in [0.1, 0.15) is 39.5 Å². The molecule has 0 aliphatic heterocycles. The van der Waals surface area contributed by atoms with Crippen LogP contribution in [0.2, 0.25) is 0 Å². The number of nitrogens with one attached hydrogen (secondary N) is 2. The average molecular weight is 214 g/mol. The van der Waals surface area contributed by atoms with Gasteiger partial charge in [0.1, 0.15) is 6.61 Å². The largest absolute Gasteiger partial charge is 0.448 e. The molecule has 0 bridgehead atoms. The van der Waals surface area contributed by atoms with Crippen molar-refractivity contribution < 1.29 is 9.53 Å². The number of alkyl carbamates (subject to hydrolysis) is 1. The Hall–Kier alpha value is -0.770. The molecule has 1 fully saturated rings. The van der Waals surface area contributed by atoms with E-state index in [1.165, 1.54) is 12.8 Å². The molecular formula is C11H22N2O2. The van der Waals surface area contributed by atoms with Crippen LogP contribution < -0.4 is 10.6 Å². The Morgan fingerprint density at radius 3 is 2.67 bits per heavy atom. The van der Waals surface area contributed by atoms with Gasteiger partial charge in [-0.3, -0.25) is 0 Å². The predicted octanol–water partition coefficient (Wildman–Crippen LogP) is 1.65. The maximum absolute atomic E-state index is 11.3. The van der Waals surface area contributed by atoms with E-state index >= 15 is 0 Å². The van der Waals surface area contributed by atoms with Gasteiger partial charge in [-0.15, -0.1) is 0 Å². The summed E-state index contributed by atoms with van der Waals surface area (Å²) >= 11 is 0. The molecule has 4 heteroatoms. The van der Waals surface area contributed by atoms with Gasteiger partial charge in [-0.2, -0.15) is 0 Å². The van der Waals surface area contributed by atoms with Gasteiger partial charge in [-0.1, -0.05) is 26.7 Å². The van der Waals surface area contributed by atoms with Crippen molar-refractivity contribution in [3.05, 3.63) is 0 Å². The van der Waals surface area contributed by atoms with Crippen molar-refractivity contribution in [3.63, 3.8) is 0 Å². The molecule has 0 aromatic heterocycles. The van der Waals surface area contributed by atoms with E-state index in [2.05, 4.69) is 24.5 Å². The van der Waals surface area contributed by atoms with Gasteiger partial charge in [0.15, 0.2) is 0 Å². The molecule has 0 aromatic rings. The van der Waals surface area contributed by atoms with Crippen molar-refractivity contribution in [2.45, 2.75) is 51.6 Å². The van der Waals surface area contributed by atoms with E-state index in [-0.39, 0.29) is 6.09 Å². The van der Waals surface area contributed by atoms with Crippen LogP contribution in [0.4, 0.5) is 4.79 Å². The highest BCUT2D eigenvalue weighted by Crippen LogP contribution is 2.17. The second-order valence-electron chi connectivity index (χ2n) is 4.37. The molecule has 0 heterocycles. The van der Waals surface area contributed by atoms with Crippen LogP contribution in [-0.4, -0.2) is 31.3 Å². The van der Waals surface area contributed by atoms with Gasteiger partial charge in [-0.05, 0) is 12.8 Å². The van der Waals surface area contributed by atoms with Gasteiger partial charge in [0, 0.05) is 18.6 Å². The van der Waals surface area contributed by atoms with Crippen LogP contribution in [0.3, 0.4) is 0 Å². The van der Waals surface area contributed by atoms with Crippen molar-refractivity contribution >= 4 is 6.09 Å². The van der Waals surface area contributed by atoms with Gasteiger partial charge < -0.3 is 15.4 Å². The zero-order valence-corrected chi connectivity index (χ0v) is 9.71. The van der Waals surface area contributed by atoms with Crippen LogP contribution in [0.15, 0.2) is 0 Å². The molecule has 4 nitrogen and oxygen atoms in total. The van der Waals surface area contributed by atoms with Crippen molar-refractivity contribution in [1.29, 1.82) is 0 Å². The molecule has 0 aromatic carbocycles. The van der Waals surface area contributed by atoms with E-state index in [9.17, 15) is 4.79 Å². The number of hydrogen-bond acceptors (Lipinski definition) is 3. The van der Waals surface area contributed by atoms with E-state index in [1.54, 1.807) is 0 Å². The Balaban J connectivity index is 1.98. The highest BCUT2D eigenvalue weighted by Gasteiger charge is 2.17. The molecule has 1 aliphatic carbocycles. The minimum absolute atomic E-state index is 0.271. The Morgan fingerprint density at radius 1 is 1.40 bits per heavy atom. The van der Waals surface area contributed by atoms with Crippen molar-refractivity contribution in [3.8, 4) is 0 Å².